The molecule has 31 heavy (non-hydrogen) atoms. The smallest absolute Gasteiger partial charge is 0.416 e. The largest absolute Gasteiger partial charge is 0.449 e. The van der Waals surface area contributed by atoms with E-state index in [1.165, 1.54) is 30.3 Å². The Balaban J connectivity index is 1.78. The summed E-state index contributed by atoms with van der Waals surface area (Å²) < 4.78 is 72.5. The van der Waals surface area contributed by atoms with Gasteiger partial charge < -0.3 is 4.74 Å². The molecule has 4 nitrogen and oxygen atoms in total. The summed E-state index contributed by atoms with van der Waals surface area (Å²) in [5.41, 5.74) is -1.40. The van der Waals surface area contributed by atoms with Crippen LogP contribution in [0, 0.1) is 11.6 Å². The van der Waals surface area contributed by atoms with Gasteiger partial charge in [-0.1, -0.05) is 28.1 Å². The average Bonchev–Trinajstić information content (AvgIpc) is 2.95. The minimum Gasteiger partial charge on any atom is -0.449 e. The van der Waals surface area contributed by atoms with Crippen LogP contribution >= 0.6 is 15.9 Å². The summed E-state index contributed by atoms with van der Waals surface area (Å²) in [5.74, 6) is -5.97. The number of fused-ring (bicyclic) bond motifs is 1. The second kappa shape index (κ2) is 7.45. The van der Waals surface area contributed by atoms with Gasteiger partial charge in [-0.25, -0.2) is 13.7 Å². The molecule has 0 radical (unpaired) electrons. The maximum absolute atomic E-state index is 14.3. The number of rotatable bonds is 3. The lowest BCUT2D eigenvalue weighted by Gasteiger charge is -2.19. The Morgan fingerprint density at radius 3 is 1.90 bits per heavy atom. The first-order valence-electron chi connectivity index (χ1n) is 8.59. The molecule has 0 unspecified atom stereocenters. The summed E-state index contributed by atoms with van der Waals surface area (Å²) in [6, 6.07) is 10.2. The highest BCUT2D eigenvalue weighted by Crippen LogP contribution is 2.41. The van der Waals surface area contributed by atoms with Crippen molar-refractivity contribution in [3.63, 3.8) is 0 Å². The molecule has 0 saturated carbocycles. The molecule has 0 aliphatic carbocycles. The Labute approximate surface area is 180 Å². The number of carbonyl (C=O) groups is 2. The molecule has 1 heterocycles. The zero-order chi connectivity index (χ0) is 22.5. The topological polar surface area (TPSA) is 46.6 Å². The van der Waals surface area contributed by atoms with Crippen LogP contribution in [0.15, 0.2) is 59.1 Å². The number of imide groups is 1. The SMILES string of the molecule is O=C1c2ccccc2C(=O)N1c1cc(Br)ccc1Oc1c(F)cc(C(F)(F)F)cc1F. The van der Waals surface area contributed by atoms with Gasteiger partial charge in [0, 0.05) is 4.47 Å². The molecular weight excluding hydrogens is 489 g/mol. The fraction of sp³-hybridized carbons (Fsp3) is 0.0476. The van der Waals surface area contributed by atoms with Crippen LogP contribution in [0.4, 0.5) is 27.6 Å². The average molecular weight is 498 g/mol. The maximum atomic E-state index is 14.3. The van der Waals surface area contributed by atoms with Crippen molar-refractivity contribution in [1.29, 1.82) is 0 Å². The van der Waals surface area contributed by atoms with Gasteiger partial charge in [0.15, 0.2) is 23.1 Å². The normalized spacial score (nSPS) is 13.5. The lowest BCUT2D eigenvalue weighted by atomic mass is 10.1. The molecule has 4 rings (SSSR count). The van der Waals surface area contributed by atoms with Gasteiger partial charge >= 0.3 is 6.18 Å². The fourth-order valence-corrected chi connectivity index (χ4v) is 3.44. The summed E-state index contributed by atoms with van der Waals surface area (Å²) >= 11 is 3.19. The lowest BCUT2D eigenvalue weighted by molar-refractivity contribution is -0.138. The third kappa shape index (κ3) is 3.67. The molecule has 0 aromatic heterocycles. The van der Waals surface area contributed by atoms with Gasteiger partial charge in [0.25, 0.3) is 11.8 Å². The van der Waals surface area contributed by atoms with Crippen LogP contribution < -0.4 is 9.64 Å². The van der Waals surface area contributed by atoms with Gasteiger partial charge in [0.2, 0.25) is 0 Å². The van der Waals surface area contributed by atoms with E-state index in [-0.39, 0.29) is 34.7 Å². The van der Waals surface area contributed by atoms with Crippen LogP contribution in [0.1, 0.15) is 26.3 Å². The van der Waals surface area contributed by atoms with Crippen LogP contribution in [-0.2, 0) is 6.18 Å². The maximum Gasteiger partial charge on any atom is 0.416 e. The molecule has 1 aliphatic rings. The van der Waals surface area contributed by atoms with Crippen molar-refractivity contribution in [2.24, 2.45) is 0 Å². The molecule has 1 aliphatic heterocycles. The minimum absolute atomic E-state index is 0.0962. The molecule has 0 spiro atoms. The Hall–Kier alpha value is -3.27. The number of benzene rings is 3. The number of hydrogen-bond donors (Lipinski definition) is 0. The van der Waals surface area contributed by atoms with E-state index in [1.807, 2.05) is 0 Å². The summed E-state index contributed by atoms with van der Waals surface area (Å²) in [5, 5.41) is 0. The van der Waals surface area contributed by atoms with Gasteiger partial charge in [-0.2, -0.15) is 13.2 Å². The van der Waals surface area contributed by atoms with Crippen molar-refractivity contribution in [3.05, 3.63) is 87.4 Å². The van der Waals surface area contributed by atoms with Gasteiger partial charge in [-0.05, 0) is 42.5 Å². The molecule has 0 N–H and O–H groups in total. The Morgan fingerprint density at radius 1 is 0.839 bits per heavy atom. The number of hydrogen-bond acceptors (Lipinski definition) is 3. The second-order valence-electron chi connectivity index (χ2n) is 6.47. The summed E-state index contributed by atoms with van der Waals surface area (Å²) in [7, 11) is 0. The van der Waals surface area contributed by atoms with Crippen molar-refractivity contribution in [3.8, 4) is 11.5 Å². The number of ether oxygens (including phenoxy) is 1. The number of carbonyl (C=O) groups excluding carboxylic acids is 2. The lowest BCUT2D eigenvalue weighted by Crippen LogP contribution is -2.29. The van der Waals surface area contributed by atoms with Crippen molar-refractivity contribution >= 4 is 33.4 Å². The first-order chi connectivity index (χ1) is 14.6. The van der Waals surface area contributed by atoms with Gasteiger partial charge in [0.05, 0.1) is 22.4 Å². The van der Waals surface area contributed by atoms with E-state index in [4.69, 9.17) is 4.74 Å². The van der Waals surface area contributed by atoms with Crippen molar-refractivity contribution in [2.45, 2.75) is 6.18 Å². The van der Waals surface area contributed by atoms with E-state index in [1.54, 1.807) is 12.1 Å². The first-order valence-corrected chi connectivity index (χ1v) is 9.38. The molecule has 10 heteroatoms. The summed E-state index contributed by atoms with van der Waals surface area (Å²) in [6.07, 6.45) is -4.96. The van der Waals surface area contributed by atoms with Crippen molar-refractivity contribution in [2.75, 3.05) is 4.90 Å². The third-order valence-corrected chi connectivity index (χ3v) is 4.99. The monoisotopic (exact) mass is 497 g/mol. The van der Waals surface area contributed by atoms with Gasteiger partial charge in [0.1, 0.15) is 0 Å². The van der Waals surface area contributed by atoms with E-state index < -0.39 is 40.9 Å². The van der Waals surface area contributed by atoms with E-state index in [0.29, 0.717) is 4.47 Å². The highest BCUT2D eigenvalue weighted by molar-refractivity contribution is 9.10. The standard InChI is InChI=1S/C21H9BrF5NO3/c22-11-5-6-17(31-18-14(23)7-10(8-15(18)24)21(25,26)27)16(9-11)28-19(29)12-3-1-2-4-13(12)20(28)30/h1-9H. The molecule has 0 saturated heterocycles. The molecular formula is C21H9BrF5NO3. The molecule has 3 aromatic rings. The van der Waals surface area contributed by atoms with Crippen molar-refractivity contribution < 1.29 is 36.3 Å². The number of amides is 2. The predicted molar refractivity (Wildman–Crippen MR) is 103 cm³/mol. The van der Waals surface area contributed by atoms with E-state index in [0.717, 1.165) is 4.90 Å². The second-order valence-corrected chi connectivity index (χ2v) is 7.39. The number of halogens is 6. The highest BCUT2D eigenvalue weighted by Gasteiger charge is 2.38. The van der Waals surface area contributed by atoms with E-state index >= 15 is 0 Å². The highest BCUT2D eigenvalue weighted by atomic mass is 79.9. The Morgan fingerprint density at radius 2 is 1.39 bits per heavy atom. The quantitative estimate of drug-likeness (QED) is 0.313. The number of alkyl halides is 3. The van der Waals surface area contributed by atoms with Crippen LogP contribution in [0.2, 0.25) is 0 Å². The Bertz CT molecular complexity index is 1180. The number of anilines is 1. The van der Waals surface area contributed by atoms with Crippen molar-refractivity contribution in [1.82, 2.24) is 0 Å². The van der Waals surface area contributed by atoms with E-state index in [2.05, 4.69) is 15.9 Å². The van der Waals surface area contributed by atoms with Crippen LogP contribution in [-0.4, -0.2) is 11.8 Å². The van der Waals surface area contributed by atoms with Crippen LogP contribution in [0.3, 0.4) is 0 Å². The zero-order valence-corrected chi connectivity index (χ0v) is 16.7. The molecule has 2 amide bonds. The fourth-order valence-electron chi connectivity index (χ4n) is 3.09. The third-order valence-electron chi connectivity index (χ3n) is 4.49. The summed E-state index contributed by atoms with van der Waals surface area (Å²) in [4.78, 5) is 26.3. The summed E-state index contributed by atoms with van der Waals surface area (Å²) in [6.45, 7) is 0. The first kappa shape index (κ1) is 21.0. The molecule has 3 aromatic carbocycles. The van der Waals surface area contributed by atoms with Crippen LogP contribution in [0.25, 0.3) is 0 Å². The molecule has 0 atom stereocenters. The molecule has 0 fully saturated rings. The van der Waals surface area contributed by atoms with Gasteiger partial charge in [-0.3, -0.25) is 9.59 Å². The van der Waals surface area contributed by atoms with E-state index in [9.17, 15) is 31.5 Å². The molecule has 158 valence electrons. The van der Waals surface area contributed by atoms with Crippen LogP contribution in [0.5, 0.6) is 11.5 Å². The Kier molecular flexibility index (Phi) is 5.04. The number of nitrogens with zero attached hydrogens (tertiary/aromatic N) is 1. The molecule has 0 bridgehead atoms. The zero-order valence-electron chi connectivity index (χ0n) is 15.1. The van der Waals surface area contributed by atoms with Gasteiger partial charge in [-0.15, -0.1) is 0 Å². The predicted octanol–water partition coefficient (Wildman–Crippen LogP) is 6.34. The minimum atomic E-state index is -4.96.